The zero-order chi connectivity index (χ0) is 16.4. The van der Waals surface area contributed by atoms with E-state index in [-0.39, 0.29) is 0 Å². The second kappa shape index (κ2) is 6.32. The van der Waals surface area contributed by atoms with Crippen LogP contribution in [0.4, 0.5) is 5.69 Å². The molecule has 3 rings (SSSR count). The first kappa shape index (κ1) is 15.4. The SMILES string of the molecule is Cc1nc2ccc(OCCc3ccc(N(C)C)cc3)cc2n1C. The van der Waals surface area contributed by atoms with Crippen molar-refractivity contribution in [3.8, 4) is 5.75 Å². The summed E-state index contributed by atoms with van der Waals surface area (Å²) in [5.74, 6) is 1.91. The molecular formula is C19H23N3O. The van der Waals surface area contributed by atoms with Crippen molar-refractivity contribution in [2.45, 2.75) is 13.3 Å². The summed E-state index contributed by atoms with van der Waals surface area (Å²) in [6.45, 7) is 2.68. The van der Waals surface area contributed by atoms with Crippen LogP contribution < -0.4 is 9.64 Å². The summed E-state index contributed by atoms with van der Waals surface area (Å²) >= 11 is 0. The van der Waals surface area contributed by atoms with Gasteiger partial charge in [0.05, 0.1) is 17.6 Å². The third-order valence-electron chi connectivity index (χ3n) is 4.19. The number of fused-ring (bicyclic) bond motifs is 1. The van der Waals surface area contributed by atoms with Crippen molar-refractivity contribution in [2.24, 2.45) is 7.05 Å². The van der Waals surface area contributed by atoms with Crippen LogP contribution in [0.25, 0.3) is 11.0 Å². The Kier molecular flexibility index (Phi) is 4.24. The van der Waals surface area contributed by atoms with Crippen molar-refractivity contribution in [2.75, 3.05) is 25.6 Å². The Morgan fingerprint density at radius 3 is 2.52 bits per heavy atom. The summed E-state index contributed by atoms with van der Waals surface area (Å²) in [7, 11) is 6.13. The third-order valence-corrected chi connectivity index (χ3v) is 4.19. The molecule has 0 unspecified atom stereocenters. The van der Waals surface area contributed by atoms with Gasteiger partial charge in [-0.05, 0) is 36.8 Å². The minimum Gasteiger partial charge on any atom is -0.493 e. The maximum absolute atomic E-state index is 5.91. The minimum absolute atomic E-state index is 0.670. The summed E-state index contributed by atoms with van der Waals surface area (Å²) in [6, 6.07) is 14.7. The maximum atomic E-state index is 5.91. The van der Waals surface area contributed by atoms with E-state index in [2.05, 4.69) is 58.9 Å². The molecule has 0 aliphatic carbocycles. The molecule has 0 aliphatic heterocycles. The highest BCUT2D eigenvalue weighted by Crippen LogP contribution is 2.21. The van der Waals surface area contributed by atoms with E-state index in [1.54, 1.807) is 0 Å². The summed E-state index contributed by atoms with van der Waals surface area (Å²) in [4.78, 5) is 6.61. The second-order valence-electron chi connectivity index (χ2n) is 6.03. The number of aromatic nitrogens is 2. The van der Waals surface area contributed by atoms with Gasteiger partial charge >= 0.3 is 0 Å². The van der Waals surface area contributed by atoms with Crippen molar-refractivity contribution in [1.82, 2.24) is 9.55 Å². The van der Waals surface area contributed by atoms with Crippen molar-refractivity contribution >= 4 is 16.7 Å². The number of hydrogen-bond donors (Lipinski definition) is 0. The Morgan fingerprint density at radius 1 is 1.09 bits per heavy atom. The largest absolute Gasteiger partial charge is 0.493 e. The predicted octanol–water partition coefficient (Wildman–Crippen LogP) is 3.57. The quantitative estimate of drug-likeness (QED) is 0.722. The molecule has 0 amide bonds. The van der Waals surface area contributed by atoms with Crippen LogP contribution in [0.1, 0.15) is 11.4 Å². The van der Waals surface area contributed by atoms with E-state index < -0.39 is 0 Å². The van der Waals surface area contributed by atoms with Crippen LogP contribution in [0.3, 0.4) is 0 Å². The molecule has 0 saturated heterocycles. The van der Waals surface area contributed by atoms with Crippen molar-refractivity contribution in [1.29, 1.82) is 0 Å². The van der Waals surface area contributed by atoms with E-state index >= 15 is 0 Å². The molecule has 0 N–H and O–H groups in total. The van der Waals surface area contributed by atoms with Crippen molar-refractivity contribution < 1.29 is 4.74 Å². The molecule has 0 bridgehead atoms. The van der Waals surface area contributed by atoms with Gasteiger partial charge in [0, 0.05) is 39.3 Å². The Bertz CT molecular complexity index is 803. The molecule has 0 spiro atoms. The molecule has 0 fully saturated rings. The van der Waals surface area contributed by atoms with Gasteiger partial charge < -0.3 is 14.2 Å². The number of imidazole rings is 1. The molecule has 23 heavy (non-hydrogen) atoms. The second-order valence-corrected chi connectivity index (χ2v) is 6.03. The zero-order valence-corrected chi connectivity index (χ0v) is 14.2. The van der Waals surface area contributed by atoms with Gasteiger partial charge in [-0.2, -0.15) is 0 Å². The smallest absolute Gasteiger partial charge is 0.121 e. The molecule has 1 aromatic heterocycles. The molecule has 0 saturated carbocycles. The van der Waals surface area contributed by atoms with Gasteiger partial charge in [0.25, 0.3) is 0 Å². The van der Waals surface area contributed by atoms with E-state index in [9.17, 15) is 0 Å². The van der Waals surface area contributed by atoms with Gasteiger partial charge in [0.15, 0.2) is 0 Å². The highest BCUT2D eigenvalue weighted by Gasteiger charge is 2.05. The normalized spacial score (nSPS) is 11.0. The van der Waals surface area contributed by atoms with E-state index in [0.717, 1.165) is 29.0 Å². The van der Waals surface area contributed by atoms with Crippen LogP contribution in [0.2, 0.25) is 0 Å². The average Bonchev–Trinajstić information content (AvgIpc) is 2.83. The van der Waals surface area contributed by atoms with Crippen LogP contribution in [0, 0.1) is 6.92 Å². The van der Waals surface area contributed by atoms with Gasteiger partial charge in [0.2, 0.25) is 0 Å². The first-order chi connectivity index (χ1) is 11.0. The number of nitrogens with zero attached hydrogens (tertiary/aromatic N) is 3. The van der Waals surface area contributed by atoms with Crippen molar-refractivity contribution in [3.05, 3.63) is 53.9 Å². The molecule has 120 valence electrons. The number of anilines is 1. The van der Waals surface area contributed by atoms with Crippen LogP contribution in [-0.2, 0) is 13.5 Å². The predicted molar refractivity (Wildman–Crippen MR) is 95.4 cm³/mol. The molecule has 1 heterocycles. The van der Waals surface area contributed by atoms with Gasteiger partial charge in [-0.1, -0.05) is 12.1 Å². The number of aryl methyl sites for hydroxylation is 2. The fourth-order valence-electron chi connectivity index (χ4n) is 2.63. The first-order valence-electron chi connectivity index (χ1n) is 7.87. The van der Waals surface area contributed by atoms with Gasteiger partial charge in [-0.3, -0.25) is 0 Å². The zero-order valence-electron chi connectivity index (χ0n) is 14.2. The van der Waals surface area contributed by atoms with E-state index in [1.165, 1.54) is 11.3 Å². The number of benzene rings is 2. The summed E-state index contributed by atoms with van der Waals surface area (Å²) < 4.78 is 7.99. The molecule has 4 nitrogen and oxygen atoms in total. The van der Waals surface area contributed by atoms with Crippen LogP contribution in [-0.4, -0.2) is 30.3 Å². The average molecular weight is 309 g/mol. The molecular weight excluding hydrogens is 286 g/mol. The Morgan fingerprint density at radius 2 is 1.83 bits per heavy atom. The van der Waals surface area contributed by atoms with Gasteiger partial charge in [-0.15, -0.1) is 0 Å². The number of ether oxygens (including phenoxy) is 1. The van der Waals surface area contributed by atoms with E-state index in [0.29, 0.717) is 6.61 Å². The summed E-state index contributed by atoms with van der Waals surface area (Å²) in [5.41, 5.74) is 4.62. The fraction of sp³-hybridized carbons (Fsp3) is 0.316. The van der Waals surface area contributed by atoms with Crippen LogP contribution in [0.15, 0.2) is 42.5 Å². The lowest BCUT2D eigenvalue weighted by atomic mass is 10.1. The monoisotopic (exact) mass is 309 g/mol. The van der Waals surface area contributed by atoms with E-state index in [1.807, 2.05) is 26.1 Å². The lowest BCUT2D eigenvalue weighted by Crippen LogP contribution is -2.08. The van der Waals surface area contributed by atoms with Crippen LogP contribution in [0.5, 0.6) is 5.75 Å². The fourth-order valence-corrected chi connectivity index (χ4v) is 2.63. The molecule has 2 aromatic carbocycles. The maximum Gasteiger partial charge on any atom is 0.121 e. The first-order valence-corrected chi connectivity index (χ1v) is 7.87. The minimum atomic E-state index is 0.670. The molecule has 4 heteroatoms. The van der Waals surface area contributed by atoms with Gasteiger partial charge in [-0.25, -0.2) is 4.98 Å². The number of hydrogen-bond acceptors (Lipinski definition) is 3. The Labute approximate surface area is 137 Å². The highest BCUT2D eigenvalue weighted by atomic mass is 16.5. The van der Waals surface area contributed by atoms with E-state index in [4.69, 9.17) is 4.74 Å². The lowest BCUT2D eigenvalue weighted by Gasteiger charge is -2.13. The lowest BCUT2D eigenvalue weighted by molar-refractivity contribution is 0.322. The Hall–Kier alpha value is -2.49. The molecule has 0 radical (unpaired) electrons. The highest BCUT2D eigenvalue weighted by molar-refractivity contribution is 5.77. The third kappa shape index (κ3) is 3.31. The number of rotatable bonds is 5. The van der Waals surface area contributed by atoms with Crippen LogP contribution >= 0.6 is 0 Å². The summed E-state index contributed by atoms with van der Waals surface area (Å²) in [5, 5.41) is 0. The molecule has 3 aromatic rings. The van der Waals surface area contributed by atoms with Gasteiger partial charge in [0.1, 0.15) is 11.6 Å². The summed E-state index contributed by atoms with van der Waals surface area (Å²) in [6.07, 6.45) is 0.899. The van der Waals surface area contributed by atoms with Crippen molar-refractivity contribution in [3.63, 3.8) is 0 Å². The topological polar surface area (TPSA) is 30.3 Å². The molecule has 0 atom stereocenters. The molecule has 0 aliphatic rings. The standard InChI is InChI=1S/C19H23N3O/c1-14-20-18-10-9-17(13-19(18)22(14)4)23-12-11-15-5-7-16(8-6-15)21(2)3/h5-10,13H,11-12H2,1-4H3. The Balaban J connectivity index is 1.63.